The third kappa shape index (κ3) is 4.52. The smallest absolute Gasteiger partial charge is 0.331 e. The van der Waals surface area contributed by atoms with Gasteiger partial charge in [0.2, 0.25) is 0 Å². The van der Waals surface area contributed by atoms with Crippen LogP contribution in [-0.4, -0.2) is 45.6 Å². The van der Waals surface area contributed by atoms with E-state index in [0.29, 0.717) is 42.7 Å². The maximum Gasteiger partial charge on any atom is 0.331 e. The summed E-state index contributed by atoms with van der Waals surface area (Å²) < 4.78 is 6.87. The van der Waals surface area contributed by atoms with Gasteiger partial charge >= 0.3 is 11.9 Å². The second-order valence-electron chi connectivity index (χ2n) is 13.7. The van der Waals surface area contributed by atoms with Crippen molar-refractivity contribution in [3.63, 3.8) is 0 Å². The van der Waals surface area contributed by atoms with Gasteiger partial charge in [-0.2, -0.15) is 0 Å². The first kappa shape index (κ1) is 29.8. The van der Waals surface area contributed by atoms with Crippen molar-refractivity contribution in [3.8, 4) is 0 Å². The van der Waals surface area contributed by atoms with Crippen LogP contribution < -0.4 is 0 Å². The normalized spacial score (nSPS) is 45.4. The van der Waals surface area contributed by atoms with Gasteiger partial charge in [0, 0.05) is 12.5 Å². The van der Waals surface area contributed by atoms with Gasteiger partial charge in [-0.05, 0) is 115 Å². The van der Waals surface area contributed by atoms with Crippen LogP contribution in [0.3, 0.4) is 0 Å². The van der Waals surface area contributed by atoms with E-state index in [1.165, 1.54) is 6.92 Å². The molecule has 10 atom stereocenters. The van der Waals surface area contributed by atoms with Crippen molar-refractivity contribution < 1.29 is 29.6 Å². The lowest BCUT2D eigenvalue weighted by molar-refractivity contribution is -0.234. The Morgan fingerprint density at radius 3 is 2.24 bits per heavy atom. The molecule has 0 aliphatic heterocycles. The summed E-state index contributed by atoms with van der Waals surface area (Å²) in [4.78, 5) is 25.0. The molecule has 3 unspecified atom stereocenters. The summed E-state index contributed by atoms with van der Waals surface area (Å²) in [5, 5.41) is 33.0. The number of aliphatic hydroxyl groups is 2. The Kier molecular flexibility index (Phi) is 8.10. The number of aliphatic carboxylic acids is 1. The zero-order valence-corrected chi connectivity index (χ0v) is 25.7. The molecule has 4 saturated carbocycles. The molecule has 4 aliphatic rings. The number of ether oxygens (including phenoxy) is 1. The predicted molar refractivity (Wildman–Crippen MR) is 150 cm³/mol. The zero-order chi connectivity index (χ0) is 28.4. The van der Waals surface area contributed by atoms with Crippen LogP contribution >= 0.6 is 15.9 Å². The van der Waals surface area contributed by atoms with Crippen molar-refractivity contribution in [1.82, 2.24) is 0 Å². The number of esters is 1. The van der Waals surface area contributed by atoms with Crippen LogP contribution in [0, 0.1) is 39.9 Å². The standard InChI is InChI=1S/C31H47BrO6/c1-16(2)22(32)9-8-19(28(36)37)26-21-14-24(35)27-29(5)12-11-23(34)17(3)20(29)10-13-30(27,6)31(21,7)15-25(26)38-18(4)33/h17,20-21,23-25,27,34-35H,8-15H2,1-7H3,(H,36,37)/t17-,20?,21+,23+,24?,25-,27?,29-,30-,31-/m0/s1. The van der Waals surface area contributed by atoms with Gasteiger partial charge in [-0.25, -0.2) is 4.79 Å². The highest BCUT2D eigenvalue weighted by Gasteiger charge is 2.70. The van der Waals surface area contributed by atoms with Crippen LogP contribution in [0.4, 0.5) is 0 Å². The molecule has 7 heteroatoms. The van der Waals surface area contributed by atoms with Crippen molar-refractivity contribution in [2.45, 2.75) is 118 Å². The highest BCUT2D eigenvalue weighted by Crippen LogP contribution is 2.74. The summed E-state index contributed by atoms with van der Waals surface area (Å²) in [6.45, 7) is 14.4. The van der Waals surface area contributed by atoms with Gasteiger partial charge < -0.3 is 20.1 Å². The largest absolute Gasteiger partial charge is 0.478 e. The number of carbonyl (C=O) groups excluding carboxylic acids is 1. The molecular weight excluding hydrogens is 548 g/mol. The monoisotopic (exact) mass is 594 g/mol. The lowest BCUT2D eigenvalue weighted by atomic mass is 9.36. The Bertz CT molecular complexity index is 1040. The maximum atomic E-state index is 12.7. The topological polar surface area (TPSA) is 104 Å². The first-order chi connectivity index (χ1) is 17.6. The lowest BCUT2D eigenvalue weighted by Crippen LogP contribution is -2.65. The Morgan fingerprint density at radius 1 is 1.00 bits per heavy atom. The van der Waals surface area contributed by atoms with E-state index in [9.17, 15) is 24.9 Å². The summed E-state index contributed by atoms with van der Waals surface area (Å²) in [5.74, 6) is -0.977. The number of hydrogen-bond donors (Lipinski definition) is 3. The van der Waals surface area contributed by atoms with Gasteiger partial charge in [-0.3, -0.25) is 4.79 Å². The van der Waals surface area contributed by atoms with Crippen molar-refractivity contribution >= 4 is 27.9 Å². The molecular formula is C31H47BrO6. The second-order valence-corrected chi connectivity index (χ2v) is 14.7. The quantitative estimate of drug-likeness (QED) is 0.252. The van der Waals surface area contributed by atoms with E-state index in [-0.39, 0.29) is 40.1 Å². The molecule has 0 radical (unpaired) electrons. The lowest BCUT2D eigenvalue weighted by Gasteiger charge is -2.69. The average Bonchev–Trinajstić information content (AvgIpc) is 3.08. The van der Waals surface area contributed by atoms with Gasteiger partial charge in [-0.15, -0.1) is 0 Å². The van der Waals surface area contributed by atoms with Crippen molar-refractivity contribution in [3.05, 3.63) is 21.2 Å². The van der Waals surface area contributed by atoms with Crippen molar-refractivity contribution in [2.24, 2.45) is 39.9 Å². The first-order valence-electron chi connectivity index (χ1n) is 14.4. The molecule has 6 nitrogen and oxygen atoms in total. The molecule has 0 bridgehead atoms. The molecule has 0 spiro atoms. The Labute approximate surface area is 236 Å². The number of carbonyl (C=O) groups is 2. The maximum absolute atomic E-state index is 12.7. The third-order valence-corrected chi connectivity index (χ3v) is 12.9. The zero-order valence-electron chi connectivity index (χ0n) is 24.1. The highest BCUT2D eigenvalue weighted by atomic mass is 79.9. The Morgan fingerprint density at radius 2 is 1.66 bits per heavy atom. The summed E-state index contributed by atoms with van der Waals surface area (Å²) in [6, 6.07) is 0. The fraction of sp³-hybridized carbons (Fsp3) is 0.806. The molecule has 38 heavy (non-hydrogen) atoms. The molecule has 0 aromatic carbocycles. The van der Waals surface area contributed by atoms with Crippen LogP contribution in [-0.2, 0) is 14.3 Å². The number of hydrogen-bond acceptors (Lipinski definition) is 5. The average molecular weight is 596 g/mol. The van der Waals surface area contributed by atoms with Gasteiger partial charge in [0.25, 0.3) is 0 Å². The molecule has 214 valence electrons. The van der Waals surface area contributed by atoms with Crippen molar-refractivity contribution in [1.29, 1.82) is 0 Å². The fourth-order valence-electron chi connectivity index (χ4n) is 9.77. The Balaban J connectivity index is 1.83. The van der Waals surface area contributed by atoms with E-state index in [1.807, 2.05) is 13.8 Å². The van der Waals surface area contributed by atoms with Crippen LogP contribution in [0.1, 0.15) is 99.8 Å². The van der Waals surface area contributed by atoms with E-state index in [0.717, 1.165) is 35.7 Å². The van der Waals surface area contributed by atoms with E-state index in [4.69, 9.17) is 4.74 Å². The predicted octanol–water partition coefficient (Wildman–Crippen LogP) is 6.39. The number of halogens is 1. The van der Waals surface area contributed by atoms with Crippen LogP contribution in [0.15, 0.2) is 21.2 Å². The SMILES string of the molecule is CC(=O)O[C@H]1C[C@@]2(C)[C@H](CC(O)C3[C@@]4(C)CC[C@@H](O)[C@@H](C)C4CC[C@@]32C)C1=C(CCC(Br)=C(C)C)C(=O)O. The molecule has 0 aromatic rings. The molecule has 4 rings (SSSR count). The first-order valence-corrected chi connectivity index (χ1v) is 15.2. The fourth-order valence-corrected chi connectivity index (χ4v) is 9.97. The van der Waals surface area contributed by atoms with E-state index >= 15 is 0 Å². The van der Waals surface area contributed by atoms with Gasteiger partial charge in [0.05, 0.1) is 12.2 Å². The third-order valence-electron chi connectivity index (χ3n) is 11.8. The summed E-state index contributed by atoms with van der Waals surface area (Å²) >= 11 is 3.60. The molecule has 3 N–H and O–H groups in total. The molecule has 0 aromatic heterocycles. The molecule has 0 heterocycles. The highest BCUT2D eigenvalue weighted by molar-refractivity contribution is 9.11. The minimum Gasteiger partial charge on any atom is -0.478 e. The molecule has 4 aliphatic carbocycles. The number of aliphatic hydroxyl groups excluding tert-OH is 2. The van der Waals surface area contributed by atoms with Crippen LogP contribution in [0.2, 0.25) is 0 Å². The van der Waals surface area contributed by atoms with Crippen LogP contribution in [0.25, 0.3) is 0 Å². The van der Waals surface area contributed by atoms with Gasteiger partial charge in [0.15, 0.2) is 0 Å². The molecule has 4 fully saturated rings. The summed E-state index contributed by atoms with van der Waals surface area (Å²) in [6.07, 6.45) is 3.99. The molecule has 0 amide bonds. The van der Waals surface area contributed by atoms with Gasteiger partial charge in [0.1, 0.15) is 6.10 Å². The van der Waals surface area contributed by atoms with E-state index < -0.39 is 24.1 Å². The van der Waals surface area contributed by atoms with Crippen molar-refractivity contribution in [2.75, 3.05) is 0 Å². The minimum atomic E-state index is -0.969. The van der Waals surface area contributed by atoms with Crippen LogP contribution in [0.5, 0.6) is 0 Å². The van der Waals surface area contributed by atoms with Gasteiger partial charge in [-0.1, -0.05) is 49.2 Å². The summed E-state index contributed by atoms with van der Waals surface area (Å²) in [7, 11) is 0. The molecule has 0 saturated heterocycles. The number of fused-ring (bicyclic) bond motifs is 5. The van der Waals surface area contributed by atoms with E-state index in [1.54, 1.807) is 0 Å². The number of carboxylic acid groups (broad SMARTS) is 1. The van der Waals surface area contributed by atoms with E-state index in [2.05, 4.69) is 43.6 Å². The Hall–Kier alpha value is -1.18. The summed E-state index contributed by atoms with van der Waals surface area (Å²) in [5.41, 5.74) is 1.45. The minimum absolute atomic E-state index is 0.0374. The number of carboxylic acids is 1. The second kappa shape index (κ2) is 10.3. The number of rotatable bonds is 5. The number of allylic oxidation sites excluding steroid dienone is 2.